The molecule has 0 radical (unpaired) electrons. The highest BCUT2D eigenvalue weighted by atomic mass is 16.6. The van der Waals surface area contributed by atoms with E-state index in [-0.39, 0.29) is 6.09 Å². The third-order valence-corrected chi connectivity index (χ3v) is 4.85. The van der Waals surface area contributed by atoms with Gasteiger partial charge in [0.2, 0.25) is 5.95 Å². The van der Waals surface area contributed by atoms with Gasteiger partial charge >= 0.3 is 6.09 Å². The second kappa shape index (κ2) is 8.36. The van der Waals surface area contributed by atoms with Crippen LogP contribution < -0.4 is 9.80 Å². The molecular formula is C18H29N5O2. The summed E-state index contributed by atoms with van der Waals surface area (Å²) in [6.45, 7) is 9.25. The number of amides is 1. The van der Waals surface area contributed by atoms with E-state index >= 15 is 0 Å². The van der Waals surface area contributed by atoms with Gasteiger partial charge in [-0.2, -0.15) is 4.98 Å². The fourth-order valence-electron chi connectivity index (χ4n) is 3.44. The summed E-state index contributed by atoms with van der Waals surface area (Å²) >= 11 is 0. The average Bonchev–Trinajstić information content (AvgIpc) is 2.91. The van der Waals surface area contributed by atoms with Crippen LogP contribution in [-0.2, 0) is 4.74 Å². The molecule has 0 aromatic carbocycles. The van der Waals surface area contributed by atoms with Crippen LogP contribution in [0.15, 0.2) is 6.07 Å². The van der Waals surface area contributed by atoms with Gasteiger partial charge in [-0.05, 0) is 26.7 Å². The molecule has 1 aromatic heterocycles. The van der Waals surface area contributed by atoms with E-state index < -0.39 is 0 Å². The van der Waals surface area contributed by atoms with E-state index in [1.807, 2.05) is 19.9 Å². The molecule has 7 heteroatoms. The standard InChI is InChI=1S/C18H29N5O2/c1-3-25-18(24)23-12-10-21(11-13-23)16-14-15(2)19-17(20-16)22-8-6-4-5-7-9-22/h14H,3-13H2,1-2H3. The Labute approximate surface area is 150 Å². The van der Waals surface area contributed by atoms with Gasteiger partial charge in [-0.1, -0.05) is 12.8 Å². The smallest absolute Gasteiger partial charge is 0.409 e. The monoisotopic (exact) mass is 347 g/mol. The number of anilines is 2. The van der Waals surface area contributed by atoms with Gasteiger partial charge in [0.15, 0.2) is 0 Å². The molecule has 2 aliphatic heterocycles. The van der Waals surface area contributed by atoms with Gasteiger partial charge in [0, 0.05) is 51.0 Å². The highest BCUT2D eigenvalue weighted by Gasteiger charge is 2.24. The first-order chi connectivity index (χ1) is 12.2. The molecule has 2 aliphatic rings. The minimum atomic E-state index is -0.216. The molecule has 1 aromatic rings. The van der Waals surface area contributed by atoms with E-state index in [1.165, 1.54) is 25.7 Å². The van der Waals surface area contributed by atoms with Crippen molar-refractivity contribution in [3.63, 3.8) is 0 Å². The molecule has 2 saturated heterocycles. The summed E-state index contributed by atoms with van der Waals surface area (Å²) in [7, 11) is 0. The largest absolute Gasteiger partial charge is 0.450 e. The highest BCUT2D eigenvalue weighted by molar-refractivity contribution is 5.68. The quantitative estimate of drug-likeness (QED) is 0.837. The number of ether oxygens (including phenoxy) is 1. The fourth-order valence-corrected chi connectivity index (χ4v) is 3.44. The molecule has 0 unspecified atom stereocenters. The summed E-state index contributed by atoms with van der Waals surface area (Å²) < 4.78 is 5.09. The number of carbonyl (C=O) groups is 1. The lowest BCUT2D eigenvalue weighted by molar-refractivity contribution is 0.105. The molecule has 25 heavy (non-hydrogen) atoms. The lowest BCUT2D eigenvalue weighted by Crippen LogP contribution is -2.49. The molecule has 0 spiro atoms. The summed E-state index contributed by atoms with van der Waals surface area (Å²) in [5.74, 6) is 1.82. The Balaban J connectivity index is 1.67. The number of nitrogens with zero attached hydrogens (tertiary/aromatic N) is 5. The zero-order valence-electron chi connectivity index (χ0n) is 15.4. The predicted octanol–water partition coefficient (Wildman–Crippen LogP) is 2.44. The van der Waals surface area contributed by atoms with Gasteiger partial charge in [-0.25, -0.2) is 9.78 Å². The van der Waals surface area contributed by atoms with Crippen molar-refractivity contribution in [2.45, 2.75) is 39.5 Å². The Morgan fingerprint density at radius 3 is 2.32 bits per heavy atom. The summed E-state index contributed by atoms with van der Waals surface area (Å²) in [6, 6.07) is 2.04. The van der Waals surface area contributed by atoms with Crippen LogP contribution in [0.5, 0.6) is 0 Å². The lowest BCUT2D eigenvalue weighted by Gasteiger charge is -2.35. The molecule has 3 rings (SSSR count). The SMILES string of the molecule is CCOC(=O)N1CCN(c2cc(C)nc(N3CCCCCC3)n2)CC1. The second-order valence-electron chi connectivity index (χ2n) is 6.74. The van der Waals surface area contributed by atoms with Crippen molar-refractivity contribution in [3.8, 4) is 0 Å². The molecule has 3 heterocycles. The highest BCUT2D eigenvalue weighted by Crippen LogP contribution is 2.21. The fraction of sp³-hybridized carbons (Fsp3) is 0.722. The predicted molar refractivity (Wildman–Crippen MR) is 98.3 cm³/mol. The third kappa shape index (κ3) is 4.52. The topological polar surface area (TPSA) is 61.8 Å². The van der Waals surface area contributed by atoms with E-state index in [4.69, 9.17) is 9.72 Å². The Morgan fingerprint density at radius 2 is 1.68 bits per heavy atom. The first kappa shape index (κ1) is 17.8. The van der Waals surface area contributed by atoms with Crippen molar-refractivity contribution in [2.75, 3.05) is 55.7 Å². The van der Waals surface area contributed by atoms with Crippen molar-refractivity contribution < 1.29 is 9.53 Å². The van der Waals surface area contributed by atoms with E-state index in [0.29, 0.717) is 19.7 Å². The molecular weight excluding hydrogens is 318 g/mol. The van der Waals surface area contributed by atoms with E-state index in [9.17, 15) is 4.79 Å². The van der Waals surface area contributed by atoms with Gasteiger partial charge in [-0.3, -0.25) is 0 Å². The zero-order chi connectivity index (χ0) is 17.6. The number of aromatic nitrogens is 2. The molecule has 2 fully saturated rings. The Morgan fingerprint density at radius 1 is 1.00 bits per heavy atom. The molecule has 0 N–H and O–H groups in total. The number of piperazine rings is 1. The zero-order valence-corrected chi connectivity index (χ0v) is 15.4. The maximum atomic E-state index is 11.8. The van der Waals surface area contributed by atoms with Gasteiger partial charge < -0.3 is 19.4 Å². The lowest BCUT2D eigenvalue weighted by atomic mass is 10.2. The van der Waals surface area contributed by atoms with Crippen molar-refractivity contribution in [3.05, 3.63) is 11.8 Å². The molecule has 0 atom stereocenters. The van der Waals surface area contributed by atoms with Crippen LogP contribution in [0.4, 0.5) is 16.6 Å². The molecule has 0 aliphatic carbocycles. The van der Waals surface area contributed by atoms with Crippen molar-refractivity contribution in [2.24, 2.45) is 0 Å². The first-order valence-electron chi connectivity index (χ1n) is 9.44. The van der Waals surface area contributed by atoms with Crippen LogP contribution in [-0.4, -0.2) is 66.8 Å². The normalized spacial score (nSPS) is 18.9. The maximum absolute atomic E-state index is 11.8. The molecule has 7 nitrogen and oxygen atoms in total. The molecule has 0 saturated carbocycles. The van der Waals surface area contributed by atoms with Crippen LogP contribution >= 0.6 is 0 Å². The summed E-state index contributed by atoms with van der Waals surface area (Å²) in [5.41, 5.74) is 0.997. The van der Waals surface area contributed by atoms with Gasteiger partial charge in [0.25, 0.3) is 0 Å². The van der Waals surface area contributed by atoms with Crippen LogP contribution in [0.3, 0.4) is 0 Å². The van der Waals surface area contributed by atoms with Crippen LogP contribution in [0, 0.1) is 6.92 Å². The van der Waals surface area contributed by atoms with E-state index in [1.54, 1.807) is 4.90 Å². The minimum absolute atomic E-state index is 0.216. The second-order valence-corrected chi connectivity index (χ2v) is 6.74. The van der Waals surface area contributed by atoms with E-state index in [0.717, 1.165) is 43.6 Å². The van der Waals surface area contributed by atoms with Crippen LogP contribution in [0.1, 0.15) is 38.3 Å². The summed E-state index contributed by atoms with van der Waals surface area (Å²) in [4.78, 5) is 27.7. The number of hydrogen-bond acceptors (Lipinski definition) is 6. The van der Waals surface area contributed by atoms with Crippen molar-refractivity contribution in [1.82, 2.24) is 14.9 Å². The number of aryl methyl sites for hydroxylation is 1. The summed E-state index contributed by atoms with van der Waals surface area (Å²) in [5, 5.41) is 0. The first-order valence-corrected chi connectivity index (χ1v) is 9.44. The van der Waals surface area contributed by atoms with Crippen molar-refractivity contribution in [1.29, 1.82) is 0 Å². The maximum Gasteiger partial charge on any atom is 0.409 e. The molecule has 1 amide bonds. The van der Waals surface area contributed by atoms with E-state index in [2.05, 4.69) is 14.8 Å². The van der Waals surface area contributed by atoms with Gasteiger partial charge in [0.1, 0.15) is 5.82 Å². The van der Waals surface area contributed by atoms with Crippen LogP contribution in [0.25, 0.3) is 0 Å². The average molecular weight is 347 g/mol. The van der Waals surface area contributed by atoms with Gasteiger partial charge in [0.05, 0.1) is 6.61 Å². The van der Waals surface area contributed by atoms with Gasteiger partial charge in [-0.15, -0.1) is 0 Å². The third-order valence-electron chi connectivity index (χ3n) is 4.85. The van der Waals surface area contributed by atoms with Crippen LogP contribution in [0.2, 0.25) is 0 Å². The Kier molecular flexibility index (Phi) is 5.94. The van der Waals surface area contributed by atoms with Crippen molar-refractivity contribution >= 4 is 17.9 Å². The minimum Gasteiger partial charge on any atom is -0.450 e. The molecule has 138 valence electrons. The summed E-state index contributed by atoms with van der Waals surface area (Å²) in [6.07, 6.45) is 4.80. The molecule has 0 bridgehead atoms. The number of hydrogen-bond donors (Lipinski definition) is 0. The number of rotatable bonds is 3. The Hall–Kier alpha value is -2.05. The Bertz CT molecular complexity index is 579. The number of carbonyl (C=O) groups excluding carboxylic acids is 1.